The summed E-state index contributed by atoms with van der Waals surface area (Å²) >= 11 is 0. The van der Waals surface area contributed by atoms with Gasteiger partial charge in [-0.15, -0.1) is 5.10 Å². The van der Waals surface area contributed by atoms with Crippen molar-refractivity contribution in [2.75, 3.05) is 0 Å². The van der Waals surface area contributed by atoms with Gasteiger partial charge in [-0.25, -0.2) is 0 Å². The maximum Gasteiger partial charge on any atom is 0.313 e. The largest absolute Gasteiger partial charge is 0.500 e. The standard InChI is InChI=1S/C6H3N3O4/c10-6-3(9(11)12)1-2-4-5(6)7-8-13-4/h1-2,10H. The smallest absolute Gasteiger partial charge is 0.313 e. The Bertz CT molecular complexity index is 478. The molecule has 2 aromatic rings. The van der Waals surface area contributed by atoms with Crippen LogP contribution in [0.1, 0.15) is 0 Å². The number of benzene rings is 1. The van der Waals surface area contributed by atoms with Crippen molar-refractivity contribution in [1.29, 1.82) is 0 Å². The number of rotatable bonds is 1. The lowest BCUT2D eigenvalue weighted by molar-refractivity contribution is -0.385. The average molecular weight is 181 g/mol. The minimum absolute atomic E-state index is 0.00537. The van der Waals surface area contributed by atoms with E-state index in [9.17, 15) is 15.2 Å². The van der Waals surface area contributed by atoms with Crippen LogP contribution in [0.3, 0.4) is 0 Å². The third kappa shape index (κ3) is 0.975. The first-order chi connectivity index (χ1) is 6.20. The highest BCUT2D eigenvalue weighted by atomic mass is 16.6. The van der Waals surface area contributed by atoms with E-state index in [1.54, 1.807) is 0 Å². The summed E-state index contributed by atoms with van der Waals surface area (Å²) in [5.74, 6) is -0.524. The molecule has 0 aliphatic heterocycles. The normalized spacial score (nSPS) is 10.5. The topological polar surface area (TPSA) is 102 Å². The maximum atomic E-state index is 10.4. The molecule has 1 heterocycles. The molecule has 0 spiro atoms. The molecule has 1 N–H and O–H groups in total. The summed E-state index contributed by atoms with van der Waals surface area (Å²) in [4.78, 5) is 9.65. The summed E-state index contributed by atoms with van der Waals surface area (Å²) in [6, 6.07) is 2.46. The molecule has 66 valence electrons. The monoisotopic (exact) mass is 181 g/mol. The van der Waals surface area contributed by atoms with Gasteiger partial charge in [-0.05, 0) is 6.07 Å². The second kappa shape index (κ2) is 2.41. The van der Waals surface area contributed by atoms with Crippen molar-refractivity contribution in [3.8, 4) is 5.75 Å². The van der Waals surface area contributed by atoms with Crippen molar-refractivity contribution < 1.29 is 14.6 Å². The molecule has 1 aromatic heterocycles. The summed E-state index contributed by atoms with van der Waals surface area (Å²) in [6.45, 7) is 0. The number of phenols is 1. The van der Waals surface area contributed by atoms with Gasteiger partial charge >= 0.3 is 5.69 Å². The van der Waals surface area contributed by atoms with Crippen molar-refractivity contribution in [2.24, 2.45) is 0 Å². The Balaban J connectivity index is 2.80. The van der Waals surface area contributed by atoms with Crippen LogP contribution in [0.2, 0.25) is 0 Å². The van der Waals surface area contributed by atoms with Crippen LogP contribution in [-0.2, 0) is 0 Å². The predicted molar refractivity (Wildman–Crippen MR) is 40.1 cm³/mol. The zero-order valence-electron chi connectivity index (χ0n) is 6.17. The lowest BCUT2D eigenvalue weighted by Gasteiger charge is -1.93. The van der Waals surface area contributed by atoms with Crippen molar-refractivity contribution >= 4 is 16.8 Å². The lowest BCUT2D eigenvalue weighted by atomic mass is 10.2. The van der Waals surface area contributed by atoms with Gasteiger partial charge in [0.2, 0.25) is 5.75 Å². The molecular formula is C6H3N3O4. The van der Waals surface area contributed by atoms with Crippen LogP contribution in [0.25, 0.3) is 11.1 Å². The van der Waals surface area contributed by atoms with E-state index in [1.165, 1.54) is 6.07 Å². The van der Waals surface area contributed by atoms with Crippen LogP contribution in [-0.4, -0.2) is 20.4 Å². The number of nitrogens with zero attached hydrogens (tertiary/aromatic N) is 3. The number of nitro groups is 1. The Kier molecular flexibility index (Phi) is 1.38. The van der Waals surface area contributed by atoms with E-state index in [2.05, 4.69) is 14.9 Å². The highest BCUT2D eigenvalue weighted by Gasteiger charge is 2.18. The van der Waals surface area contributed by atoms with Crippen LogP contribution in [0.4, 0.5) is 5.69 Å². The molecule has 0 fully saturated rings. The Morgan fingerprint density at radius 2 is 2.31 bits per heavy atom. The molecule has 7 nitrogen and oxygen atoms in total. The second-order valence-electron chi connectivity index (χ2n) is 2.31. The third-order valence-electron chi connectivity index (χ3n) is 1.57. The first kappa shape index (κ1) is 7.47. The summed E-state index contributed by atoms with van der Waals surface area (Å²) < 4.78 is 4.59. The molecular weight excluding hydrogens is 178 g/mol. The van der Waals surface area contributed by atoms with Crippen molar-refractivity contribution in [3.05, 3.63) is 22.2 Å². The lowest BCUT2D eigenvalue weighted by Crippen LogP contribution is -1.88. The molecule has 1 aromatic carbocycles. The van der Waals surface area contributed by atoms with Gasteiger partial charge in [0.15, 0.2) is 11.1 Å². The molecule has 13 heavy (non-hydrogen) atoms. The van der Waals surface area contributed by atoms with Gasteiger partial charge in [0.05, 0.1) is 4.92 Å². The van der Waals surface area contributed by atoms with E-state index < -0.39 is 16.4 Å². The second-order valence-corrected chi connectivity index (χ2v) is 2.31. The van der Waals surface area contributed by atoms with Gasteiger partial charge < -0.3 is 9.63 Å². The van der Waals surface area contributed by atoms with Crippen LogP contribution >= 0.6 is 0 Å². The van der Waals surface area contributed by atoms with E-state index in [0.717, 1.165) is 6.07 Å². The summed E-state index contributed by atoms with van der Waals surface area (Å²) in [5, 5.41) is 26.2. The zero-order valence-corrected chi connectivity index (χ0v) is 6.17. The third-order valence-corrected chi connectivity index (χ3v) is 1.57. The first-order valence-corrected chi connectivity index (χ1v) is 3.28. The van der Waals surface area contributed by atoms with Gasteiger partial charge in [-0.3, -0.25) is 10.1 Å². The van der Waals surface area contributed by atoms with Crippen LogP contribution in [0, 0.1) is 10.1 Å². The molecule has 0 aliphatic rings. The SMILES string of the molecule is O=[N+]([O-])c1ccc2onnc2c1O. The molecule has 0 saturated carbocycles. The number of hydrogen-bond acceptors (Lipinski definition) is 6. The Morgan fingerprint density at radius 3 is 3.00 bits per heavy atom. The molecule has 0 amide bonds. The van der Waals surface area contributed by atoms with E-state index in [4.69, 9.17) is 0 Å². The summed E-state index contributed by atoms with van der Waals surface area (Å²) in [6.07, 6.45) is 0. The van der Waals surface area contributed by atoms with Crippen molar-refractivity contribution in [2.45, 2.75) is 0 Å². The number of aromatic nitrogens is 2. The van der Waals surface area contributed by atoms with Gasteiger partial charge in [0, 0.05) is 11.3 Å². The van der Waals surface area contributed by atoms with E-state index in [0.29, 0.717) is 0 Å². The maximum absolute atomic E-state index is 10.4. The van der Waals surface area contributed by atoms with Gasteiger partial charge in [-0.1, -0.05) is 0 Å². The number of nitro benzene ring substituents is 1. The summed E-state index contributed by atoms with van der Waals surface area (Å²) in [7, 11) is 0. The van der Waals surface area contributed by atoms with E-state index >= 15 is 0 Å². The Labute approximate surface area is 70.7 Å². The molecule has 0 radical (unpaired) electrons. The van der Waals surface area contributed by atoms with Crippen molar-refractivity contribution in [1.82, 2.24) is 10.4 Å². The van der Waals surface area contributed by atoms with Gasteiger partial charge in [-0.2, -0.15) is 0 Å². The highest BCUT2D eigenvalue weighted by Crippen LogP contribution is 2.31. The molecule has 2 rings (SSSR count). The molecule has 0 aliphatic carbocycles. The van der Waals surface area contributed by atoms with Crippen LogP contribution in [0.15, 0.2) is 16.7 Å². The van der Waals surface area contributed by atoms with Crippen molar-refractivity contribution in [3.63, 3.8) is 0 Å². The van der Waals surface area contributed by atoms with E-state index in [-0.39, 0.29) is 11.1 Å². The molecule has 0 bridgehead atoms. The first-order valence-electron chi connectivity index (χ1n) is 3.28. The quantitative estimate of drug-likeness (QED) is 0.516. The molecule has 0 unspecified atom stereocenters. The summed E-state index contributed by atoms with van der Waals surface area (Å²) in [5.41, 5.74) is -0.208. The predicted octanol–water partition coefficient (Wildman–Crippen LogP) is 0.837. The van der Waals surface area contributed by atoms with Crippen LogP contribution in [0.5, 0.6) is 5.75 Å². The zero-order chi connectivity index (χ0) is 9.42. The minimum Gasteiger partial charge on any atom is -0.500 e. The van der Waals surface area contributed by atoms with Gasteiger partial charge in [0.25, 0.3) is 0 Å². The fraction of sp³-hybridized carbons (Fsp3) is 0. The molecule has 7 heteroatoms. The van der Waals surface area contributed by atoms with Crippen LogP contribution < -0.4 is 0 Å². The highest BCUT2D eigenvalue weighted by molar-refractivity contribution is 5.83. The number of fused-ring (bicyclic) bond motifs is 1. The Morgan fingerprint density at radius 1 is 1.54 bits per heavy atom. The average Bonchev–Trinajstić information content (AvgIpc) is 2.52. The van der Waals surface area contributed by atoms with E-state index in [1.807, 2.05) is 0 Å². The molecule has 0 saturated heterocycles. The Hall–Kier alpha value is -2.18. The number of phenolic OH excluding ortho intramolecular Hbond substituents is 1. The minimum atomic E-state index is -0.705. The fourth-order valence-corrected chi connectivity index (χ4v) is 0.973. The fourth-order valence-electron chi connectivity index (χ4n) is 0.973. The number of aromatic hydroxyl groups is 1. The molecule has 0 atom stereocenters. The number of hydrogen-bond donors (Lipinski definition) is 1. The van der Waals surface area contributed by atoms with Gasteiger partial charge in [0.1, 0.15) is 0 Å².